The molecule has 1 aromatic rings. The maximum atomic E-state index is 5.82. The van der Waals surface area contributed by atoms with Crippen molar-refractivity contribution in [1.29, 1.82) is 0 Å². The van der Waals surface area contributed by atoms with Gasteiger partial charge < -0.3 is 10.2 Å². The third kappa shape index (κ3) is 4.68. The molecular weight excluding hydrogens is 332 g/mol. The number of halogens is 1. The van der Waals surface area contributed by atoms with Crippen molar-refractivity contribution >= 4 is 31.8 Å². The third-order valence-electron chi connectivity index (χ3n) is 2.28. The summed E-state index contributed by atoms with van der Waals surface area (Å²) in [7, 11) is 0. The normalized spacial score (nSPS) is 14.2. The van der Waals surface area contributed by atoms with E-state index in [-0.39, 0.29) is 5.89 Å². The first-order valence-electron chi connectivity index (χ1n) is 6.16. The van der Waals surface area contributed by atoms with Crippen LogP contribution in [-0.2, 0) is 0 Å². The van der Waals surface area contributed by atoms with E-state index in [9.17, 15) is 0 Å². The molecule has 0 aliphatic heterocycles. The number of hydrogen-bond acceptors (Lipinski definition) is 5. The topological polar surface area (TPSA) is 77.3 Å². The Morgan fingerprint density at radius 1 is 1.33 bits per heavy atom. The van der Waals surface area contributed by atoms with Gasteiger partial charge in [-0.05, 0) is 35.9 Å². The van der Waals surface area contributed by atoms with Gasteiger partial charge in [-0.2, -0.15) is 0 Å². The second kappa shape index (κ2) is 8.16. The Morgan fingerprint density at radius 3 is 2.52 bits per heavy atom. The summed E-state index contributed by atoms with van der Waals surface area (Å²) in [5.74, 6) is 0.606. The van der Waals surface area contributed by atoms with Crippen molar-refractivity contribution in [3.63, 3.8) is 0 Å². The Labute approximate surface area is 132 Å². The molecule has 0 radical (unpaired) electrons. The van der Waals surface area contributed by atoms with Gasteiger partial charge in [-0.3, -0.25) is 0 Å². The quantitative estimate of drug-likeness (QED) is 0.625. The van der Waals surface area contributed by atoms with Crippen LogP contribution in [0.5, 0.6) is 0 Å². The highest BCUT2D eigenvalue weighted by molar-refractivity contribution is 9.18. The molecule has 0 aromatic carbocycles. The van der Waals surface area contributed by atoms with Gasteiger partial charge in [0.1, 0.15) is 10.3 Å². The van der Waals surface area contributed by atoms with E-state index in [0.29, 0.717) is 21.9 Å². The van der Waals surface area contributed by atoms with E-state index in [2.05, 4.69) is 44.3 Å². The lowest BCUT2D eigenvalue weighted by atomic mass is 10.2. The van der Waals surface area contributed by atoms with Crippen molar-refractivity contribution in [2.24, 2.45) is 10.7 Å². The molecule has 0 amide bonds. The first-order valence-corrected chi connectivity index (χ1v) is 6.95. The Balaban J connectivity index is 3.29. The molecule has 0 saturated carbocycles. The molecule has 6 heteroatoms. The Morgan fingerprint density at radius 2 is 2.00 bits per heavy atom. The molecule has 0 fully saturated rings. The monoisotopic (exact) mass is 348 g/mol. The van der Waals surface area contributed by atoms with Gasteiger partial charge in [0, 0.05) is 11.3 Å². The minimum atomic E-state index is 0.239. The molecule has 0 spiro atoms. The van der Waals surface area contributed by atoms with E-state index >= 15 is 0 Å². The first-order chi connectivity index (χ1) is 10.0. The highest BCUT2D eigenvalue weighted by Gasteiger charge is 2.14. The lowest BCUT2D eigenvalue weighted by Crippen LogP contribution is -1.98. The fraction of sp³-hybridized carbons (Fsp3) is 0.133. The molecule has 0 unspecified atom stereocenters. The number of hydrogen-bond donors (Lipinski definition) is 1. The highest BCUT2D eigenvalue weighted by Crippen LogP contribution is 2.22. The van der Waals surface area contributed by atoms with Gasteiger partial charge in [-0.25, -0.2) is 4.99 Å². The summed E-state index contributed by atoms with van der Waals surface area (Å²) in [4.78, 5) is 4.25. The summed E-state index contributed by atoms with van der Waals surface area (Å²) in [5.41, 5.74) is 7.44. The highest BCUT2D eigenvalue weighted by atomic mass is 79.9. The predicted octanol–water partition coefficient (Wildman–Crippen LogP) is 3.84. The van der Waals surface area contributed by atoms with Crippen LogP contribution in [0.25, 0.3) is 11.3 Å². The number of allylic oxidation sites excluding steroid dienone is 7. The summed E-state index contributed by atoms with van der Waals surface area (Å²) in [5, 5.41) is 7.99. The Hall–Kier alpha value is -2.21. The number of aliphatic imine (C=N–C) groups is 1. The minimum absolute atomic E-state index is 0.239. The smallest absolute Gasteiger partial charge is 0.268 e. The Bertz CT molecular complexity index is 646. The summed E-state index contributed by atoms with van der Waals surface area (Å²) in [6.45, 7) is 10.9. The first kappa shape index (κ1) is 16.8. The van der Waals surface area contributed by atoms with Crippen LogP contribution < -0.4 is 5.73 Å². The zero-order chi connectivity index (χ0) is 15.8. The molecule has 0 saturated heterocycles. The summed E-state index contributed by atoms with van der Waals surface area (Å²) >= 11 is 3.25. The van der Waals surface area contributed by atoms with Crippen molar-refractivity contribution in [3.8, 4) is 0 Å². The SMILES string of the molecule is C=C/C=C(\C=C/C)c1nnc(/C(N=C(Br)C=C)=C(/C)N)o1. The van der Waals surface area contributed by atoms with E-state index in [1.807, 2.05) is 19.1 Å². The molecule has 2 N–H and O–H groups in total. The van der Waals surface area contributed by atoms with Gasteiger partial charge in [-0.1, -0.05) is 37.5 Å². The molecule has 0 atom stereocenters. The van der Waals surface area contributed by atoms with Gasteiger partial charge in [-0.15, -0.1) is 10.2 Å². The number of nitrogens with zero attached hydrogens (tertiary/aromatic N) is 3. The van der Waals surface area contributed by atoms with Crippen LogP contribution in [0, 0.1) is 0 Å². The lowest BCUT2D eigenvalue weighted by molar-refractivity contribution is 0.524. The Kier molecular flexibility index (Phi) is 6.55. The fourth-order valence-corrected chi connectivity index (χ4v) is 1.57. The molecule has 5 nitrogen and oxygen atoms in total. The standard InChI is InChI=1S/C15H17BrN4O/c1-5-8-11(9-6-2)14-19-20-15(21-14)13(10(4)17)18-12(16)7-3/h5-9H,1,3,17H2,2,4H3/b9-6-,11-8+,13-10+,18-12?. The van der Waals surface area contributed by atoms with Crippen molar-refractivity contribution in [1.82, 2.24) is 10.2 Å². The second-order valence-electron chi connectivity index (χ2n) is 3.94. The van der Waals surface area contributed by atoms with Crippen LogP contribution in [0.1, 0.15) is 25.6 Å². The molecule has 21 heavy (non-hydrogen) atoms. The van der Waals surface area contributed by atoms with E-state index in [4.69, 9.17) is 10.2 Å². The van der Waals surface area contributed by atoms with E-state index < -0.39 is 0 Å². The zero-order valence-corrected chi connectivity index (χ0v) is 13.6. The molecule has 1 heterocycles. The van der Waals surface area contributed by atoms with Crippen molar-refractivity contribution < 1.29 is 4.42 Å². The van der Waals surface area contributed by atoms with Crippen LogP contribution in [0.4, 0.5) is 0 Å². The molecule has 1 rings (SSSR count). The summed E-state index contributed by atoms with van der Waals surface area (Å²) in [6, 6.07) is 0. The summed E-state index contributed by atoms with van der Waals surface area (Å²) < 4.78 is 6.16. The summed E-state index contributed by atoms with van der Waals surface area (Å²) in [6.07, 6.45) is 8.69. The van der Waals surface area contributed by atoms with Crippen LogP contribution in [0.3, 0.4) is 0 Å². The van der Waals surface area contributed by atoms with E-state index in [0.717, 1.165) is 5.57 Å². The van der Waals surface area contributed by atoms with Gasteiger partial charge in [0.15, 0.2) is 0 Å². The predicted molar refractivity (Wildman–Crippen MR) is 90.6 cm³/mol. The molecular formula is C15H17BrN4O. The van der Waals surface area contributed by atoms with Gasteiger partial charge in [0.25, 0.3) is 5.89 Å². The van der Waals surface area contributed by atoms with E-state index in [1.54, 1.807) is 25.2 Å². The minimum Gasteiger partial charge on any atom is -0.415 e. The van der Waals surface area contributed by atoms with Gasteiger partial charge in [0.05, 0.1) is 0 Å². The van der Waals surface area contributed by atoms with Gasteiger partial charge in [0.2, 0.25) is 5.89 Å². The fourth-order valence-electron chi connectivity index (χ4n) is 1.40. The lowest BCUT2D eigenvalue weighted by Gasteiger charge is -1.99. The zero-order valence-electron chi connectivity index (χ0n) is 12.0. The van der Waals surface area contributed by atoms with Crippen molar-refractivity contribution in [2.75, 3.05) is 0 Å². The molecule has 0 bridgehead atoms. The van der Waals surface area contributed by atoms with Crippen LogP contribution in [-0.4, -0.2) is 14.8 Å². The average Bonchev–Trinajstić information content (AvgIpc) is 2.93. The third-order valence-corrected chi connectivity index (χ3v) is 2.78. The maximum absolute atomic E-state index is 5.82. The van der Waals surface area contributed by atoms with Crippen molar-refractivity contribution in [2.45, 2.75) is 13.8 Å². The van der Waals surface area contributed by atoms with E-state index in [1.165, 1.54) is 0 Å². The largest absolute Gasteiger partial charge is 0.415 e. The average molecular weight is 349 g/mol. The number of aromatic nitrogens is 2. The molecule has 1 aromatic heterocycles. The molecule has 0 aliphatic carbocycles. The number of rotatable bonds is 6. The molecule has 0 aliphatic rings. The van der Waals surface area contributed by atoms with Crippen LogP contribution >= 0.6 is 15.9 Å². The maximum Gasteiger partial charge on any atom is 0.268 e. The second-order valence-corrected chi connectivity index (χ2v) is 4.75. The van der Waals surface area contributed by atoms with Gasteiger partial charge >= 0.3 is 0 Å². The van der Waals surface area contributed by atoms with Crippen molar-refractivity contribution in [3.05, 3.63) is 61.0 Å². The molecule has 110 valence electrons. The van der Waals surface area contributed by atoms with Crippen LogP contribution in [0.15, 0.2) is 58.6 Å². The van der Waals surface area contributed by atoms with Crippen LogP contribution in [0.2, 0.25) is 0 Å². The number of nitrogens with two attached hydrogens (primary N) is 1.